The van der Waals surface area contributed by atoms with Crippen LogP contribution in [-0.4, -0.2) is 33.3 Å². The first-order chi connectivity index (χ1) is 7.77. The Morgan fingerprint density at radius 2 is 1.82 bits per heavy atom. The lowest BCUT2D eigenvalue weighted by Gasteiger charge is -2.34. The van der Waals surface area contributed by atoms with Gasteiger partial charge in [-0.05, 0) is 45.1 Å². The predicted molar refractivity (Wildman–Crippen MR) is 71.5 cm³/mol. The summed E-state index contributed by atoms with van der Waals surface area (Å²) in [6, 6.07) is 0.132. The van der Waals surface area contributed by atoms with Crippen LogP contribution >= 0.6 is 0 Å². The summed E-state index contributed by atoms with van der Waals surface area (Å²) >= 11 is 0. The molecule has 0 aromatic heterocycles. The maximum Gasteiger partial charge on any atom is 0.215 e. The van der Waals surface area contributed by atoms with Gasteiger partial charge in [0.05, 0.1) is 5.25 Å². The van der Waals surface area contributed by atoms with Gasteiger partial charge >= 0.3 is 0 Å². The number of hydrogen-bond donors (Lipinski definition) is 2. The molecule has 1 saturated carbocycles. The summed E-state index contributed by atoms with van der Waals surface area (Å²) in [6.07, 6.45) is 4.11. The average molecular weight is 262 g/mol. The molecule has 102 valence electrons. The summed E-state index contributed by atoms with van der Waals surface area (Å²) in [4.78, 5) is 0. The molecule has 5 heteroatoms. The maximum atomic E-state index is 12.0. The van der Waals surface area contributed by atoms with E-state index in [0.29, 0.717) is 12.0 Å². The van der Waals surface area contributed by atoms with Gasteiger partial charge in [0.15, 0.2) is 0 Å². The van der Waals surface area contributed by atoms with Gasteiger partial charge in [-0.15, -0.1) is 0 Å². The molecule has 1 rings (SSSR count). The van der Waals surface area contributed by atoms with Crippen molar-refractivity contribution in [2.75, 3.05) is 13.6 Å². The van der Waals surface area contributed by atoms with Crippen molar-refractivity contribution in [2.24, 2.45) is 5.41 Å². The number of hydrogen-bond acceptors (Lipinski definition) is 3. The fourth-order valence-corrected chi connectivity index (χ4v) is 3.58. The molecule has 2 N–H and O–H groups in total. The van der Waals surface area contributed by atoms with Crippen LogP contribution < -0.4 is 10.0 Å². The first kappa shape index (κ1) is 14.9. The zero-order valence-electron chi connectivity index (χ0n) is 11.4. The molecule has 0 amide bonds. The minimum atomic E-state index is -3.17. The lowest BCUT2D eigenvalue weighted by Crippen LogP contribution is -2.45. The van der Waals surface area contributed by atoms with Crippen LogP contribution in [0.4, 0.5) is 0 Å². The molecule has 4 nitrogen and oxygen atoms in total. The predicted octanol–water partition coefficient (Wildman–Crippen LogP) is 1.48. The molecule has 1 atom stereocenters. The minimum absolute atomic E-state index is 0.132. The zero-order valence-corrected chi connectivity index (χ0v) is 12.2. The highest BCUT2D eigenvalue weighted by Crippen LogP contribution is 2.35. The SMILES string of the molecule is CNCC(C)S(=O)(=O)NC1CCC(C)(C)CC1. The molecule has 0 bridgehead atoms. The van der Waals surface area contributed by atoms with Gasteiger partial charge in [-0.25, -0.2) is 13.1 Å². The van der Waals surface area contributed by atoms with Crippen molar-refractivity contribution >= 4 is 10.0 Å². The standard InChI is InChI=1S/C12H26N2O2S/c1-10(9-13-4)17(15,16)14-11-5-7-12(2,3)8-6-11/h10-11,13-14H,5-9H2,1-4H3. The third kappa shape index (κ3) is 4.56. The Hall–Kier alpha value is -0.130. The van der Waals surface area contributed by atoms with Crippen molar-refractivity contribution in [1.82, 2.24) is 10.0 Å². The van der Waals surface area contributed by atoms with Crippen molar-refractivity contribution in [1.29, 1.82) is 0 Å². The molecular weight excluding hydrogens is 236 g/mol. The first-order valence-electron chi connectivity index (χ1n) is 6.42. The van der Waals surface area contributed by atoms with Gasteiger partial charge in [-0.3, -0.25) is 0 Å². The molecule has 17 heavy (non-hydrogen) atoms. The Kier molecular flexibility index (Phi) is 4.98. The van der Waals surface area contributed by atoms with E-state index in [1.807, 2.05) is 0 Å². The fraction of sp³-hybridized carbons (Fsp3) is 1.00. The van der Waals surface area contributed by atoms with Gasteiger partial charge in [0.2, 0.25) is 10.0 Å². The lowest BCUT2D eigenvalue weighted by atomic mass is 9.76. The second kappa shape index (κ2) is 5.67. The van der Waals surface area contributed by atoms with E-state index in [-0.39, 0.29) is 11.3 Å². The Labute approximate surface area is 106 Å². The van der Waals surface area contributed by atoms with Crippen molar-refractivity contribution in [3.05, 3.63) is 0 Å². The highest BCUT2D eigenvalue weighted by Gasteiger charge is 2.30. The minimum Gasteiger partial charge on any atom is -0.318 e. The third-order valence-corrected chi connectivity index (χ3v) is 5.58. The molecule has 1 fully saturated rings. The Morgan fingerprint density at radius 1 is 1.29 bits per heavy atom. The van der Waals surface area contributed by atoms with Gasteiger partial charge in [-0.2, -0.15) is 0 Å². The number of rotatable bonds is 5. The van der Waals surface area contributed by atoms with Crippen LogP contribution in [0.5, 0.6) is 0 Å². The maximum absolute atomic E-state index is 12.0. The van der Waals surface area contributed by atoms with E-state index in [4.69, 9.17) is 0 Å². The zero-order chi connectivity index (χ0) is 13.1. The van der Waals surface area contributed by atoms with Gasteiger partial charge in [-0.1, -0.05) is 13.8 Å². The third-order valence-electron chi connectivity index (χ3n) is 3.69. The van der Waals surface area contributed by atoms with E-state index in [0.717, 1.165) is 25.7 Å². The number of nitrogens with one attached hydrogen (secondary N) is 2. The van der Waals surface area contributed by atoms with E-state index < -0.39 is 10.0 Å². The largest absolute Gasteiger partial charge is 0.318 e. The van der Waals surface area contributed by atoms with Crippen molar-refractivity contribution in [3.63, 3.8) is 0 Å². The molecule has 0 aromatic carbocycles. The summed E-state index contributed by atoms with van der Waals surface area (Å²) in [5.41, 5.74) is 0.374. The number of sulfonamides is 1. The van der Waals surface area contributed by atoms with Crippen LogP contribution in [0.25, 0.3) is 0 Å². The van der Waals surface area contributed by atoms with Crippen molar-refractivity contribution in [2.45, 2.75) is 57.7 Å². The Bertz CT molecular complexity index is 328. The molecule has 0 heterocycles. The van der Waals surface area contributed by atoms with Gasteiger partial charge < -0.3 is 5.32 Å². The molecule has 0 aromatic rings. The molecular formula is C12H26N2O2S. The Balaban J connectivity index is 2.50. The molecule has 0 saturated heterocycles. The monoisotopic (exact) mass is 262 g/mol. The molecule has 0 spiro atoms. The van der Waals surface area contributed by atoms with E-state index in [1.165, 1.54) is 0 Å². The van der Waals surface area contributed by atoms with Crippen LogP contribution in [0, 0.1) is 5.41 Å². The molecule has 0 radical (unpaired) electrons. The lowest BCUT2D eigenvalue weighted by molar-refractivity contribution is 0.218. The second-order valence-electron chi connectivity index (χ2n) is 5.97. The van der Waals surface area contributed by atoms with Crippen LogP contribution in [-0.2, 0) is 10.0 Å². The second-order valence-corrected chi connectivity index (χ2v) is 8.10. The normalized spacial score (nSPS) is 23.5. The summed E-state index contributed by atoms with van der Waals surface area (Å²) in [5.74, 6) is 0. The summed E-state index contributed by atoms with van der Waals surface area (Å²) in [5, 5.41) is 2.53. The fourth-order valence-electron chi connectivity index (χ4n) is 2.26. The van der Waals surface area contributed by atoms with Crippen LogP contribution in [0.3, 0.4) is 0 Å². The molecule has 1 unspecified atom stereocenters. The van der Waals surface area contributed by atoms with Gasteiger partial charge in [0.25, 0.3) is 0 Å². The van der Waals surface area contributed by atoms with Crippen LogP contribution in [0.15, 0.2) is 0 Å². The highest BCUT2D eigenvalue weighted by atomic mass is 32.2. The van der Waals surface area contributed by atoms with E-state index in [2.05, 4.69) is 23.9 Å². The smallest absolute Gasteiger partial charge is 0.215 e. The van der Waals surface area contributed by atoms with Crippen molar-refractivity contribution < 1.29 is 8.42 Å². The molecule has 1 aliphatic carbocycles. The topological polar surface area (TPSA) is 58.2 Å². The summed E-state index contributed by atoms with van der Waals surface area (Å²) < 4.78 is 26.8. The molecule has 0 aliphatic heterocycles. The van der Waals surface area contributed by atoms with E-state index in [9.17, 15) is 8.42 Å². The van der Waals surface area contributed by atoms with Gasteiger partial charge in [0, 0.05) is 12.6 Å². The average Bonchev–Trinajstić information content (AvgIpc) is 2.21. The van der Waals surface area contributed by atoms with Crippen molar-refractivity contribution in [3.8, 4) is 0 Å². The first-order valence-corrected chi connectivity index (χ1v) is 7.97. The van der Waals surface area contributed by atoms with Crippen LogP contribution in [0.2, 0.25) is 0 Å². The van der Waals surface area contributed by atoms with Crippen LogP contribution in [0.1, 0.15) is 46.5 Å². The van der Waals surface area contributed by atoms with E-state index >= 15 is 0 Å². The Morgan fingerprint density at radius 3 is 2.29 bits per heavy atom. The molecule has 1 aliphatic rings. The summed E-state index contributed by atoms with van der Waals surface area (Å²) in [7, 11) is -1.40. The quantitative estimate of drug-likeness (QED) is 0.789. The van der Waals surface area contributed by atoms with E-state index in [1.54, 1.807) is 14.0 Å². The summed E-state index contributed by atoms with van der Waals surface area (Å²) in [6.45, 7) is 6.74. The highest BCUT2D eigenvalue weighted by molar-refractivity contribution is 7.90. The van der Waals surface area contributed by atoms with Gasteiger partial charge in [0.1, 0.15) is 0 Å².